The van der Waals surface area contributed by atoms with Crippen LogP contribution in [-0.2, 0) is 14.1 Å². The predicted molar refractivity (Wildman–Crippen MR) is 102 cm³/mol. The van der Waals surface area contributed by atoms with Crippen LogP contribution in [0.4, 0.5) is 0 Å². The van der Waals surface area contributed by atoms with Gasteiger partial charge in [-0.05, 0) is 31.0 Å². The van der Waals surface area contributed by atoms with E-state index >= 15 is 0 Å². The summed E-state index contributed by atoms with van der Waals surface area (Å²) in [5.74, 6) is 0.282. The summed E-state index contributed by atoms with van der Waals surface area (Å²) >= 11 is 0. The Morgan fingerprint density at radius 3 is 2.59 bits per heavy atom. The molecule has 4 rings (SSSR count). The van der Waals surface area contributed by atoms with Gasteiger partial charge in [0.25, 0.3) is 11.5 Å². The highest BCUT2D eigenvalue weighted by molar-refractivity contribution is 5.99. The van der Waals surface area contributed by atoms with Crippen molar-refractivity contribution >= 4 is 11.7 Å². The van der Waals surface area contributed by atoms with Crippen molar-refractivity contribution in [2.45, 2.75) is 12.8 Å². The van der Waals surface area contributed by atoms with Crippen LogP contribution < -0.4 is 20.7 Å². The lowest BCUT2D eigenvalue weighted by Gasteiger charge is -2.32. The fraction of sp³-hybridized carbons (Fsp3) is 0.400. The molecule has 3 heterocycles. The summed E-state index contributed by atoms with van der Waals surface area (Å²) in [6, 6.07) is 6.22. The topological polar surface area (TPSA) is 99.8 Å². The molecule has 0 saturated carbocycles. The highest BCUT2D eigenvalue weighted by Gasteiger charge is 2.31. The van der Waals surface area contributed by atoms with Gasteiger partial charge in [0.05, 0.1) is 0 Å². The van der Waals surface area contributed by atoms with Crippen molar-refractivity contribution < 1.29 is 19.1 Å². The standard InChI is InChI=1S/C20H21N3O6/c1-21-14(9-17(24)22(2)20(21)27)19(26)23-7-3-4-13(10-23)18(25)12-5-6-15-16(8-12)29-11-28-15/h5-6,8-9,13H,3-4,7,10-11H2,1-2H3/t13-/m1/s1. The second-order valence-electron chi connectivity index (χ2n) is 7.29. The maximum Gasteiger partial charge on any atom is 0.331 e. The molecule has 1 amide bonds. The Kier molecular flexibility index (Phi) is 4.73. The molecule has 9 heteroatoms. The molecular weight excluding hydrogens is 378 g/mol. The Morgan fingerprint density at radius 2 is 1.79 bits per heavy atom. The largest absolute Gasteiger partial charge is 0.454 e. The van der Waals surface area contributed by atoms with E-state index in [1.54, 1.807) is 18.2 Å². The normalized spacial score (nSPS) is 18.0. The molecule has 29 heavy (non-hydrogen) atoms. The van der Waals surface area contributed by atoms with E-state index in [2.05, 4.69) is 0 Å². The first kappa shape index (κ1) is 19.0. The second-order valence-corrected chi connectivity index (χ2v) is 7.29. The van der Waals surface area contributed by atoms with Gasteiger partial charge in [-0.2, -0.15) is 0 Å². The molecule has 9 nitrogen and oxygen atoms in total. The zero-order valence-electron chi connectivity index (χ0n) is 16.2. The molecule has 152 valence electrons. The van der Waals surface area contributed by atoms with E-state index in [1.165, 1.54) is 19.0 Å². The quantitative estimate of drug-likeness (QED) is 0.699. The number of ketones is 1. The van der Waals surface area contributed by atoms with Crippen molar-refractivity contribution in [2.75, 3.05) is 19.9 Å². The Hall–Kier alpha value is -3.36. The highest BCUT2D eigenvalue weighted by atomic mass is 16.7. The Labute approximate surface area is 166 Å². The number of fused-ring (bicyclic) bond motifs is 1. The molecule has 0 unspecified atom stereocenters. The van der Waals surface area contributed by atoms with Gasteiger partial charge in [-0.3, -0.25) is 23.5 Å². The van der Waals surface area contributed by atoms with Crippen molar-refractivity contribution in [2.24, 2.45) is 20.0 Å². The molecule has 0 bridgehead atoms. The number of carbonyl (C=O) groups is 2. The summed E-state index contributed by atoms with van der Waals surface area (Å²) in [5, 5.41) is 0. The Balaban J connectivity index is 1.56. The minimum absolute atomic E-state index is 0.0225. The molecule has 0 aliphatic carbocycles. The van der Waals surface area contributed by atoms with Gasteiger partial charge in [-0.15, -0.1) is 0 Å². The first-order valence-electron chi connectivity index (χ1n) is 9.37. The number of ether oxygens (including phenoxy) is 2. The van der Waals surface area contributed by atoms with Crippen molar-refractivity contribution in [3.63, 3.8) is 0 Å². The van der Waals surface area contributed by atoms with Crippen LogP contribution in [0.3, 0.4) is 0 Å². The summed E-state index contributed by atoms with van der Waals surface area (Å²) < 4.78 is 12.7. The number of aromatic nitrogens is 2. The number of benzene rings is 1. The molecule has 1 fully saturated rings. The lowest BCUT2D eigenvalue weighted by Crippen LogP contribution is -2.46. The van der Waals surface area contributed by atoms with Gasteiger partial charge in [-0.1, -0.05) is 0 Å². The second kappa shape index (κ2) is 7.23. The summed E-state index contributed by atoms with van der Waals surface area (Å²) in [6.45, 7) is 0.830. The van der Waals surface area contributed by atoms with Crippen LogP contribution in [0, 0.1) is 5.92 Å². The average molecular weight is 399 g/mol. The molecule has 2 aliphatic heterocycles. The molecule has 0 radical (unpaired) electrons. The fourth-order valence-corrected chi connectivity index (χ4v) is 3.76. The number of Topliss-reactive ketones (excluding diaryl/α,β-unsaturated/α-hetero) is 1. The zero-order valence-corrected chi connectivity index (χ0v) is 16.2. The first-order valence-corrected chi connectivity index (χ1v) is 9.37. The van der Waals surface area contributed by atoms with Crippen LogP contribution in [0.5, 0.6) is 11.5 Å². The molecule has 2 aromatic rings. The molecule has 1 atom stereocenters. The van der Waals surface area contributed by atoms with Crippen LogP contribution in [0.1, 0.15) is 33.7 Å². The minimum Gasteiger partial charge on any atom is -0.454 e. The van der Waals surface area contributed by atoms with E-state index in [-0.39, 0.29) is 30.7 Å². The van der Waals surface area contributed by atoms with E-state index in [1.807, 2.05) is 0 Å². The van der Waals surface area contributed by atoms with Crippen LogP contribution >= 0.6 is 0 Å². The Morgan fingerprint density at radius 1 is 1.03 bits per heavy atom. The van der Waals surface area contributed by atoms with Crippen molar-refractivity contribution in [1.29, 1.82) is 0 Å². The number of amides is 1. The van der Waals surface area contributed by atoms with Gasteiger partial charge < -0.3 is 14.4 Å². The maximum absolute atomic E-state index is 13.0. The van der Waals surface area contributed by atoms with Crippen molar-refractivity contribution in [3.05, 3.63) is 56.4 Å². The average Bonchev–Trinajstić information content (AvgIpc) is 3.21. The molecular formula is C20H21N3O6. The Bertz CT molecular complexity index is 1120. The molecule has 0 N–H and O–H groups in total. The van der Waals surface area contributed by atoms with Crippen LogP contribution in [0.25, 0.3) is 0 Å². The SMILES string of the molecule is Cn1c(C(=O)N2CCC[C@@H](C(=O)c3ccc4c(c3)OCO4)C2)cc(=O)n(C)c1=O. The number of hydrogen-bond donors (Lipinski definition) is 0. The summed E-state index contributed by atoms with van der Waals surface area (Å²) in [6.07, 6.45) is 1.32. The van der Waals surface area contributed by atoms with Gasteiger partial charge >= 0.3 is 5.69 Å². The molecule has 0 spiro atoms. The van der Waals surface area contributed by atoms with Gasteiger partial charge in [-0.25, -0.2) is 4.79 Å². The maximum atomic E-state index is 13.0. The van der Waals surface area contributed by atoms with E-state index < -0.39 is 17.2 Å². The number of nitrogens with zero attached hydrogens (tertiary/aromatic N) is 3. The van der Waals surface area contributed by atoms with E-state index in [0.29, 0.717) is 36.4 Å². The van der Waals surface area contributed by atoms with Gasteiger partial charge in [0.15, 0.2) is 17.3 Å². The molecule has 1 aromatic carbocycles. The van der Waals surface area contributed by atoms with Crippen LogP contribution in [-0.4, -0.2) is 45.6 Å². The molecule has 2 aliphatic rings. The third kappa shape index (κ3) is 3.32. The van der Waals surface area contributed by atoms with Gasteiger partial charge in [0.1, 0.15) is 5.69 Å². The molecule has 1 aromatic heterocycles. The first-order chi connectivity index (χ1) is 13.9. The lowest BCUT2D eigenvalue weighted by molar-refractivity contribution is 0.0627. The van der Waals surface area contributed by atoms with Crippen molar-refractivity contribution in [1.82, 2.24) is 14.0 Å². The monoisotopic (exact) mass is 399 g/mol. The van der Waals surface area contributed by atoms with Gasteiger partial charge in [0, 0.05) is 44.7 Å². The minimum atomic E-state index is -0.564. The number of rotatable bonds is 3. The predicted octanol–water partition coefficient (Wildman–Crippen LogP) is 0.548. The number of hydrogen-bond acceptors (Lipinski definition) is 6. The lowest BCUT2D eigenvalue weighted by atomic mass is 9.89. The summed E-state index contributed by atoms with van der Waals surface area (Å²) in [5.41, 5.74) is -0.573. The summed E-state index contributed by atoms with van der Waals surface area (Å²) in [4.78, 5) is 51.6. The van der Waals surface area contributed by atoms with Crippen molar-refractivity contribution in [3.8, 4) is 11.5 Å². The highest BCUT2D eigenvalue weighted by Crippen LogP contribution is 2.34. The van der Waals surface area contributed by atoms with E-state index in [0.717, 1.165) is 15.2 Å². The van der Waals surface area contributed by atoms with Crippen LogP contribution in [0.2, 0.25) is 0 Å². The fourth-order valence-electron chi connectivity index (χ4n) is 3.76. The number of piperidine rings is 1. The smallest absolute Gasteiger partial charge is 0.331 e. The number of likely N-dealkylation sites (tertiary alicyclic amines) is 1. The third-order valence-corrected chi connectivity index (χ3v) is 5.48. The summed E-state index contributed by atoms with van der Waals surface area (Å²) in [7, 11) is 2.81. The third-order valence-electron chi connectivity index (χ3n) is 5.48. The van der Waals surface area contributed by atoms with E-state index in [9.17, 15) is 19.2 Å². The van der Waals surface area contributed by atoms with E-state index in [4.69, 9.17) is 9.47 Å². The number of carbonyl (C=O) groups excluding carboxylic acids is 2. The van der Waals surface area contributed by atoms with Gasteiger partial charge in [0.2, 0.25) is 6.79 Å². The van der Waals surface area contributed by atoms with Crippen LogP contribution in [0.15, 0.2) is 33.9 Å². The zero-order chi connectivity index (χ0) is 20.7. The molecule has 1 saturated heterocycles.